The van der Waals surface area contributed by atoms with E-state index in [-0.39, 0.29) is 11.5 Å². The molecule has 0 saturated carbocycles. The zero-order valence-corrected chi connectivity index (χ0v) is 19.9. The Bertz CT molecular complexity index is 781. The molecule has 1 aliphatic carbocycles. The van der Waals surface area contributed by atoms with Gasteiger partial charge in [-0.15, -0.1) is 0 Å². The Morgan fingerprint density at radius 1 is 1.10 bits per heavy atom. The van der Waals surface area contributed by atoms with Gasteiger partial charge in [-0.1, -0.05) is 25.0 Å². The highest BCUT2D eigenvalue weighted by molar-refractivity contribution is 5.24. The summed E-state index contributed by atoms with van der Waals surface area (Å²) in [6.45, 7) is 13.1. The third-order valence-electron chi connectivity index (χ3n) is 7.95. The van der Waals surface area contributed by atoms with Gasteiger partial charge in [-0.25, -0.2) is 9.97 Å². The Labute approximate surface area is 187 Å². The summed E-state index contributed by atoms with van der Waals surface area (Å²) in [5, 5.41) is 10.8. The summed E-state index contributed by atoms with van der Waals surface area (Å²) in [4.78, 5) is 13.5. The predicted molar refractivity (Wildman–Crippen MR) is 123 cm³/mol. The summed E-state index contributed by atoms with van der Waals surface area (Å²) in [6.07, 6.45) is 10.6. The minimum absolute atomic E-state index is 0.206. The number of aliphatic hydroxyl groups is 1. The smallest absolute Gasteiger partial charge is 0.316 e. The molecule has 1 atom stereocenters. The molecule has 31 heavy (non-hydrogen) atoms. The van der Waals surface area contributed by atoms with E-state index in [0.717, 1.165) is 64.1 Å². The van der Waals surface area contributed by atoms with Crippen molar-refractivity contribution in [1.29, 1.82) is 0 Å². The number of aromatic nitrogens is 2. The molecular weight excluding hydrogens is 388 g/mol. The second kappa shape index (κ2) is 9.16. The third kappa shape index (κ3) is 5.29. The van der Waals surface area contributed by atoms with Crippen molar-refractivity contribution in [3.05, 3.63) is 29.1 Å². The van der Waals surface area contributed by atoms with Crippen LogP contribution in [0.4, 0.5) is 0 Å². The molecule has 6 nitrogen and oxygen atoms in total. The van der Waals surface area contributed by atoms with Gasteiger partial charge >= 0.3 is 6.01 Å². The second-order valence-corrected chi connectivity index (χ2v) is 10.9. The summed E-state index contributed by atoms with van der Waals surface area (Å²) in [5.41, 5.74) is 4.88. The first-order valence-electron chi connectivity index (χ1n) is 12.0. The van der Waals surface area contributed by atoms with Gasteiger partial charge in [0.2, 0.25) is 0 Å². The molecule has 2 fully saturated rings. The molecule has 1 aromatic rings. The SMILES string of the molecule is COc1ncc(CN2CCC3(CC2)CC(O)CN(CC2=C(C)CCCC2(C)C)C3)cn1. The molecule has 3 aliphatic rings. The van der Waals surface area contributed by atoms with Crippen molar-refractivity contribution in [2.75, 3.05) is 39.8 Å². The van der Waals surface area contributed by atoms with Crippen molar-refractivity contribution in [3.8, 4) is 6.01 Å². The monoisotopic (exact) mass is 428 g/mol. The normalized spacial score (nSPS) is 26.9. The fourth-order valence-corrected chi connectivity index (χ4v) is 6.17. The maximum Gasteiger partial charge on any atom is 0.316 e. The molecular formula is C25H40N4O2. The number of aliphatic hydroxyl groups excluding tert-OH is 1. The number of likely N-dealkylation sites (tertiary alicyclic amines) is 2. The number of nitrogens with zero attached hydrogens (tertiary/aromatic N) is 4. The van der Waals surface area contributed by atoms with E-state index < -0.39 is 0 Å². The molecule has 1 aromatic heterocycles. The topological polar surface area (TPSA) is 61.7 Å². The van der Waals surface area contributed by atoms with Crippen molar-refractivity contribution in [2.24, 2.45) is 10.8 Å². The molecule has 6 heteroatoms. The molecule has 0 amide bonds. The number of allylic oxidation sites excluding steroid dienone is 1. The largest absolute Gasteiger partial charge is 0.467 e. The lowest BCUT2D eigenvalue weighted by atomic mass is 9.70. The van der Waals surface area contributed by atoms with Crippen LogP contribution in [0.25, 0.3) is 0 Å². The number of rotatable bonds is 5. The number of hydrogen-bond donors (Lipinski definition) is 1. The molecule has 1 unspecified atom stereocenters. The first kappa shape index (κ1) is 22.7. The summed E-state index contributed by atoms with van der Waals surface area (Å²) in [5.74, 6) is 0. The Morgan fingerprint density at radius 3 is 2.45 bits per heavy atom. The molecule has 4 rings (SSSR count). The average molecular weight is 429 g/mol. The molecule has 1 N–H and O–H groups in total. The molecule has 2 aliphatic heterocycles. The summed E-state index contributed by atoms with van der Waals surface area (Å²) in [7, 11) is 1.59. The number of ether oxygens (including phenoxy) is 1. The lowest BCUT2D eigenvalue weighted by molar-refractivity contribution is -0.0402. The summed E-state index contributed by atoms with van der Waals surface area (Å²) >= 11 is 0. The maximum atomic E-state index is 10.8. The molecule has 1 spiro atoms. The first-order valence-corrected chi connectivity index (χ1v) is 12.0. The van der Waals surface area contributed by atoms with Gasteiger partial charge in [0, 0.05) is 44.1 Å². The Morgan fingerprint density at radius 2 is 1.81 bits per heavy atom. The molecule has 0 radical (unpaired) electrons. The molecule has 172 valence electrons. The van der Waals surface area contributed by atoms with E-state index in [0.29, 0.717) is 11.4 Å². The van der Waals surface area contributed by atoms with Crippen LogP contribution in [0.1, 0.15) is 64.9 Å². The maximum absolute atomic E-state index is 10.8. The van der Waals surface area contributed by atoms with E-state index in [2.05, 4.69) is 40.5 Å². The number of hydrogen-bond acceptors (Lipinski definition) is 6. The van der Waals surface area contributed by atoms with E-state index in [1.807, 2.05) is 12.4 Å². The van der Waals surface area contributed by atoms with Crippen LogP contribution in [0.3, 0.4) is 0 Å². The quantitative estimate of drug-likeness (QED) is 0.722. The van der Waals surface area contributed by atoms with E-state index in [9.17, 15) is 5.11 Å². The minimum atomic E-state index is -0.206. The van der Waals surface area contributed by atoms with Crippen molar-refractivity contribution in [2.45, 2.75) is 71.9 Å². The van der Waals surface area contributed by atoms with Crippen LogP contribution >= 0.6 is 0 Å². The fraction of sp³-hybridized carbons (Fsp3) is 0.760. The third-order valence-corrected chi connectivity index (χ3v) is 7.95. The highest BCUT2D eigenvalue weighted by Crippen LogP contribution is 2.44. The lowest BCUT2D eigenvalue weighted by Crippen LogP contribution is -2.54. The molecule has 0 aromatic carbocycles. The highest BCUT2D eigenvalue weighted by atomic mass is 16.5. The van der Waals surface area contributed by atoms with Crippen molar-refractivity contribution < 1.29 is 9.84 Å². The van der Waals surface area contributed by atoms with E-state index in [1.54, 1.807) is 18.3 Å². The number of methoxy groups -OCH3 is 1. The van der Waals surface area contributed by atoms with Gasteiger partial charge in [-0.05, 0) is 69.4 Å². The van der Waals surface area contributed by atoms with Crippen LogP contribution in [-0.2, 0) is 6.54 Å². The van der Waals surface area contributed by atoms with Crippen molar-refractivity contribution in [3.63, 3.8) is 0 Å². The predicted octanol–water partition coefficient (Wildman–Crippen LogP) is 3.66. The van der Waals surface area contributed by atoms with Gasteiger partial charge in [-0.2, -0.15) is 0 Å². The minimum Gasteiger partial charge on any atom is -0.467 e. The lowest BCUT2D eigenvalue weighted by Gasteiger charge is -2.50. The van der Waals surface area contributed by atoms with E-state index >= 15 is 0 Å². The van der Waals surface area contributed by atoms with Crippen LogP contribution in [0.5, 0.6) is 6.01 Å². The van der Waals surface area contributed by atoms with Crippen LogP contribution in [0, 0.1) is 10.8 Å². The first-order chi connectivity index (χ1) is 14.8. The van der Waals surface area contributed by atoms with E-state index in [1.165, 1.54) is 19.3 Å². The molecule has 0 bridgehead atoms. The summed E-state index contributed by atoms with van der Waals surface area (Å²) < 4.78 is 5.06. The van der Waals surface area contributed by atoms with Crippen LogP contribution in [0.15, 0.2) is 23.5 Å². The zero-order chi connectivity index (χ0) is 22.1. The van der Waals surface area contributed by atoms with Gasteiger partial charge in [0.15, 0.2) is 0 Å². The zero-order valence-electron chi connectivity index (χ0n) is 19.9. The standard InChI is InChI=1S/C25H40N4O2/c1-19-6-5-7-24(2,3)22(19)17-29-16-21(30)12-25(18-29)8-10-28(11-9-25)15-20-13-26-23(31-4)27-14-20/h13-14,21,30H,5-12,15-18H2,1-4H3. The van der Waals surface area contributed by atoms with Gasteiger partial charge < -0.3 is 9.84 Å². The molecule has 2 saturated heterocycles. The van der Waals surface area contributed by atoms with Gasteiger partial charge in [-0.3, -0.25) is 9.80 Å². The Kier molecular flexibility index (Phi) is 6.71. The van der Waals surface area contributed by atoms with Crippen LogP contribution in [-0.4, -0.2) is 70.8 Å². The second-order valence-electron chi connectivity index (χ2n) is 10.9. The summed E-state index contributed by atoms with van der Waals surface area (Å²) in [6, 6.07) is 0.420. The highest BCUT2D eigenvalue weighted by Gasteiger charge is 2.42. The molecule has 3 heterocycles. The van der Waals surface area contributed by atoms with Crippen molar-refractivity contribution in [1.82, 2.24) is 19.8 Å². The van der Waals surface area contributed by atoms with Gasteiger partial charge in [0.05, 0.1) is 13.2 Å². The van der Waals surface area contributed by atoms with E-state index in [4.69, 9.17) is 4.74 Å². The van der Waals surface area contributed by atoms with Crippen LogP contribution < -0.4 is 4.74 Å². The number of piperidine rings is 2. The van der Waals surface area contributed by atoms with Crippen LogP contribution in [0.2, 0.25) is 0 Å². The Balaban J connectivity index is 1.37. The van der Waals surface area contributed by atoms with Gasteiger partial charge in [0.1, 0.15) is 0 Å². The van der Waals surface area contributed by atoms with Crippen molar-refractivity contribution >= 4 is 0 Å². The number of β-amino-alcohol motifs (C(OH)–C–C–N with tert-alkyl or cyclic N) is 1. The fourth-order valence-electron chi connectivity index (χ4n) is 6.17. The average Bonchev–Trinajstić information content (AvgIpc) is 2.73. The van der Waals surface area contributed by atoms with Gasteiger partial charge in [0.25, 0.3) is 0 Å². The Hall–Kier alpha value is -1.50.